The Bertz CT molecular complexity index is 553. The van der Waals surface area contributed by atoms with Gasteiger partial charge >= 0.3 is 0 Å². The minimum absolute atomic E-state index is 0.0242. The molecule has 0 bridgehead atoms. The number of benzene rings is 2. The third-order valence-corrected chi connectivity index (χ3v) is 2.52. The molecule has 0 radical (unpaired) electrons. The first-order chi connectivity index (χ1) is 8.08. The van der Waals surface area contributed by atoms with E-state index in [9.17, 15) is 8.78 Å². The molecule has 0 amide bonds. The fourth-order valence-corrected chi connectivity index (χ4v) is 1.52. The number of nitrogens with one attached hydrogen (secondary N) is 1. The van der Waals surface area contributed by atoms with Gasteiger partial charge in [0.1, 0.15) is 11.6 Å². The zero-order chi connectivity index (χ0) is 12.4. The van der Waals surface area contributed by atoms with Crippen LogP contribution in [-0.4, -0.2) is 0 Å². The van der Waals surface area contributed by atoms with E-state index in [2.05, 4.69) is 5.32 Å². The van der Waals surface area contributed by atoms with Crippen molar-refractivity contribution in [2.24, 2.45) is 0 Å². The van der Waals surface area contributed by atoms with Crippen molar-refractivity contribution in [2.75, 3.05) is 11.1 Å². The molecule has 2 rings (SSSR count). The zero-order valence-electron chi connectivity index (χ0n) is 9.30. The molecule has 0 unspecified atom stereocenters. The van der Waals surface area contributed by atoms with E-state index in [1.807, 2.05) is 6.92 Å². The van der Waals surface area contributed by atoms with Crippen LogP contribution in [0.2, 0.25) is 0 Å². The van der Waals surface area contributed by atoms with Crippen LogP contribution >= 0.6 is 0 Å². The van der Waals surface area contributed by atoms with Gasteiger partial charge < -0.3 is 11.1 Å². The third-order valence-electron chi connectivity index (χ3n) is 2.52. The second-order valence-electron chi connectivity index (χ2n) is 3.79. The summed E-state index contributed by atoms with van der Waals surface area (Å²) < 4.78 is 26.3. The predicted octanol–water partition coefficient (Wildman–Crippen LogP) is 3.60. The van der Waals surface area contributed by atoms with Crippen molar-refractivity contribution < 1.29 is 8.78 Å². The number of rotatable bonds is 2. The Kier molecular flexibility index (Phi) is 2.95. The van der Waals surface area contributed by atoms with Crippen LogP contribution in [0.15, 0.2) is 36.4 Å². The fourth-order valence-electron chi connectivity index (χ4n) is 1.52. The topological polar surface area (TPSA) is 38.0 Å². The molecule has 2 nitrogen and oxygen atoms in total. The van der Waals surface area contributed by atoms with Crippen LogP contribution in [0.5, 0.6) is 0 Å². The van der Waals surface area contributed by atoms with Crippen LogP contribution in [0.1, 0.15) is 5.56 Å². The van der Waals surface area contributed by atoms with Crippen LogP contribution < -0.4 is 11.1 Å². The summed E-state index contributed by atoms with van der Waals surface area (Å²) in [6.07, 6.45) is 0. The van der Waals surface area contributed by atoms with E-state index in [-0.39, 0.29) is 11.5 Å². The number of halogens is 2. The lowest BCUT2D eigenvalue weighted by Crippen LogP contribution is -2.00. The maximum atomic E-state index is 13.2. The summed E-state index contributed by atoms with van der Waals surface area (Å²) in [6.45, 7) is 1.83. The lowest BCUT2D eigenvalue weighted by molar-refractivity contribution is 0.628. The molecule has 2 aromatic carbocycles. The summed E-state index contributed by atoms with van der Waals surface area (Å²) in [5, 5.41) is 2.92. The first kappa shape index (κ1) is 11.4. The average molecular weight is 234 g/mol. The number of hydrogen-bond donors (Lipinski definition) is 2. The van der Waals surface area contributed by atoms with Crippen molar-refractivity contribution in [1.82, 2.24) is 0 Å². The summed E-state index contributed by atoms with van der Waals surface area (Å²) in [7, 11) is 0. The number of anilines is 3. The van der Waals surface area contributed by atoms with Gasteiger partial charge in [0.25, 0.3) is 0 Å². The predicted molar refractivity (Wildman–Crippen MR) is 65.2 cm³/mol. The second-order valence-corrected chi connectivity index (χ2v) is 3.79. The van der Waals surface area contributed by atoms with Gasteiger partial charge in [0.05, 0.1) is 11.4 Å². The lowest BCUT2D eigenvalue weighted by atomic mass is 10.1. The van der Waals surface area contributed by atoms with Crippen LogP contribution in [0.4, 0.5) is 25.8 Å². The fraction of sp³-hybridized carbons (Fsp3) is 0.0769. The van der Waals surface area contributed by atoms with Crippen molar-refractivity contribution in [1.29, 1.82) is 0 Å². The number of nitrogens with two attached hydrogens (primary N) is 1. The third kappa shape index (κ3) is 2.36. The van der Waals surface area contributed by atoms with E-state index in [1.54, 1.807) is 18.2 Å². The molecule has 4 heteroatoms. The van der Waals surface area contributed by atoms with E-state index in [4.69, 9.17) is 5.73 Å². The molecule has 0 aliphatic heterocycles. The van der Waals surface area contributed by atoms with Crippen molar-refractivity contribution in [2.45, 2.75) is 6.92 Å². The van der Waals surface area contributed by atoms with Crippen LogP contribution in [0.25, 0.3) is 0 Å². The quantitative estimate of drug-likeness (QED) is 0.779. The monoisotopic (exact) mass is 234 g/mol. The maximum absolute atomic E-state index is 13.2. The smallest absolute Gasteiger partial charge is 0.148 e. The van der Waals surface area contributed by atoms with Gasteiger partial charge in [-0.15, -0.1) is 0 Å². The minimum atomic E-state index is -0.496. The van der Waals surface area contributed by atoms with E-state index in [0.29, 0.717) is 11.4 Å². The molecular weight excluding hydrogens is 222 g/mol. The van der Waals surface area contributed by atoms with Crippen LogP contribution in [-0.2, 0) is 0 Å². The number of nitrogen functional groups attached to an aromatic ring is 1. The summed E-state index contributed by atoms with van der Waals surface area (Å²) in [5.41, 5.74) is 7.47. The molecule has 0 aromatic heterocycles. The maximum Gasteiger partial charge on any atom is 0.148 e. The van der Waals surface area contributed by atoms with E-state index in [0.717, 1.165) is 5.56 Å². The van der Waals surface area contributed by atoms with E-state index < -0.39 is 5.82 Å². The number of aryl methyl sites for hydroxylation is 1. The highest BCUT2D eigenvalue weighted by atomic mass is 19.1. The molecule has 0 heterocycles. The highest BCUT2D eigenvalue weighted by molar-refractivity contribution is 5.74. The summed E-state index contributed by atoms with van der Waals surface area (Å²) >= 11 is 0. The van der Waals surface area contributed by atoms with Crippen molar-refractivity contribution in [3.8, 4) is 0 Å². The molecule has 2 aromatic rings. The molecule has 0 saturated carbocycles. The Hall–Kier alpha value is -2.10. The van der Waals surface area contributed by atoms with Gasteiger partial charge in [-0.2, -0.15) is 0 Å². The Morgan fingerprint density at radius 2 is 1.82 bits per heavy atom. The molecular formula is C13H12F2N2. The lowest BCUT2D eigenvalue weighted by Gasteiger charge is -2.12. The average Bonchev–Trinajstić information content (AvgIpc) is 2.30. The molecule has 17 heavy (non-hydrogen) atoms. The Labute approximate surface area is 98.1 Å². The molecule has 0 fully saturated rings. The molecule has 88 valence electrons. The molecule has 0 saturated heterocycles. The van der Waals surface area contributed by atoms with Crippen LogP contribution in [0, 0.1) is 18.6 Å². The van der Waals surface area contributed by atoms with E-state index in [1.165, 1.54) is 18.2 Å². The standard InChI is InChI=1S/C13H12F2N2/c1-8-5-6-9(14)7-12(8)17-11-4-2-3-10(15)13(11)16/h2-7,17H,16H2,1H3. The SMILES string of the molecule is Cc1ccc(F)cc1Nc1cccc(F)c1N. The van der Waals surface area contributed by atoms with Gasteiger partial charge in [0, 0.05) is 5.69 Å². The van der Waals surface area contributed by atoms with Crippen molar-refractivity contribution in [3.63, 3.8) is 0 Å². The number of hydrogen-bond acceptors (Lipinski definition) is 2. The minimum Gasteiger partial charge on any atom is -0.395 e. The van der Waals surface area contributed by atoms with Gasteiger partial charge in [-0.05, 0) is 36.8 Å². The molecule has 0 spiro atoms. The Balaban J connectivity index is 2.38. The van der Waals surface area contributed by atoms with Gasteiger partial charge in [-0.1, -0.05) is 12.1 Å². The first-order valence-electron chi connectivity index (χ1n) is 5.15. The van der Waals surface area contributed by atoms with Crippen molar-refractivity contribution >= 4 is 17.1 Å². The van der Waals surface area contributed by atoms with Gasteiger partial charge in [0.2, 0.25) is 0 Å². The highest BCUT2D eigenvalue weighted by Gasteiger charge is 2.06. The zero-order valence-corrected chi connectivity index (χ0v) is 9.30. The second kappa shape index (κ2) is 4.41. The van der Waals surface area contributed by atoms with Gasteiger partial charge in [0.15, 0.2) is 0 Å². The van der Waals surface area contributed by atoms with Gasteiger partial charge in [-0.3, -0.25) is 0 Å². The summed E-state index contributed by atoms with van der Waals surface area (Å²) in [6, 6.07) is 8.83. The van der Waals surface area contributed by atoms with Crippen LogP contribution in [0.3, 0.4) is 0 Å². The molecule has 0 aliphatic carbocycles. The molecule has 0 atom stereocenters. The first-order valence-corrected chi connectivity index (χ1v) is 5.15. The van der Waals surface area contributed by atoms with E-state index >= 15 is 0 Å². The molecule has 3 N–H and O–H groups in total. The highest BCUT2D eigenvalue weighted by Crippen LogP contribution is 2.27. The molecule has 0 aliphatic rings. The number of para-hydroxylation sites is 1. The normalized spacial score (nSPS) is 10.3. The van der Waals surface area contributed by atoms with Gasteiger partial charge in [-0.25, -0.2) is 8.78 Å². The Morgan fingerprint density at radius 1 is 1.06 bits per heavy atom. The largest absolute Gasteiger partial charge is 0.395 e. The summed E-state index contributed by atoms with van der Waals surface area (Å²) in [5.74, 6) is -0.850. The summed E-state index contributed by atoms with van der Waals surface area (Å²) in [4.78, 5) is 0. The van der Waals surface area contributed by atoms with Crippen molar-refractivity contribution in [3.05, 3.63) is 53.6 Å². The Morgan fingerprint density at radius 3 is 2.59 bits per heavy atom.